The fourth-order valence-electron chi connectivity index (χ4n) is 2.81. The summed E-state index contributed by atoms with van der Waals surface area (Å²) in [5, 5.41) is 27.7. The summed E-state index contributed by atoms with van der Waals surface area (Å²) < 4.78 is 5.57. The number of carbonyl (C=O) groups excluding carboxylic acids is 2. The predicted octanol–water partition coefficient (Wildman–Crippen LogP) is 2.33. The lowest BCUT2D eigenvalue weighted by Crippen LogP contribution is -2.33. The Hall–Kier alpha value is -4.94. The van der Waals surface area contributed by atoms with Gasteiger partial charge >= 0.3 is 5.95 Å². The molecule has 186 valence electrons. The molecule has 13 nitrogen and oxygen atoms in total. The first kappa shape index (κ1) is 25.7. The van der Waals surface area contributed by atoms with Gasteiger partial charge in [0.2, 0.25) is 0 Å². The van der Waals surface area contributed by atoms with Crippen LogP contribution in [0, 0.1) is 10.1 Å². The second kappa shape index (κ2) is 12.5. The molecule has 0 unspecified atom stereocenters. The van der Waals surface area contributed by atoms with Gasteiger partial charge in [-0.2, -0.15) is 5.10 Å². The smallest absolute Gasteiger partial charge is 0.494 e. The molecule has 0 radical (unpaired) electrons. The largest absolute Gasteiger partial charge is 0.514 e. The summed E-state index contributed by atoms with van der Waals surface area (Å²) >= 11 is 0. The number of aromatic nitrogens is 4. The van der Waals surface area contributed by atoms with Gasteiger partial charge in [-0.25, -0.2) is 5.43 Å². The Morgan fingerprint density at radius 2 is 1.89 bits per heavy atom. The Morgan fingerprint density at radius 1 is 1.17 bits per heavy atom. The van der Waals surface area contributed by atoms with Crippen LogP contribution in [0.15, 0.2) is 65.4 Å². The molecule has 36 heavy (non-hydrogen) atoms. The van der Waals surface area contributed by atoms with Gasteiger partial charge in [0.05, 0.1) is 22.5 Å². The number of carbonyl (C=O) groups is 2. The molecule has 0 saturated carbocycles. The molecule has 0 aliphatic heterocycles. The standard InChI is InChI=1S/C23H24N8O5/c1-3-13-36-19-11-9-17(10-12-19)14-20(24-21(32)18-7-5-4-6-8-18)22(33)26-25-16(2)15-30-28-23(27-29-30)31(34)35/h4-12,14H,3,13,15H2,1-2H3,(H,24,32)(H,26,33). The van der Waals surface area contributed by atoms with E-state index < -0.39 is 22.7 Å². The highest BCUT2D eigenvalue weighted by Crippen LogP contribution is 2.15. The van der Waals surface area contributed by atoms with Crippen LogP contribution in [0.25, 0.3) is 6.08 Å². The normalized spacial score (nSPS) is 11.6. The highest BCUT2D eigenvalue weighted by atomic mass is 16.6. The van der Waals surface area contributed by atoms with E-state index in [1.54, 1.807) is 61.5 Å². The molecule has 0 fully saturated rings. The van der Waals surface area contributed by atoms with Crippen molar-refractivity contribution in [1.29, 1.82) is 0 Å². The fraction of sp³-hybridized carbons (Fsp3) is 0.217. The maximum Gasteiger partial charge on any atom is 0.514 e. The summed E-state index contributed by atoms with van der Waals surface area (Å²) in [6.45, 7) is 4.12. The molecule has 0 aliphatic rings. The third-order valence-corrected chi connectivity index (χ3v) is 4.52. The molecule has 2 amide bonds. The Bertz CT molecular complexity index is 1270. The zero-order valence-corrected chi connectivity index (χ0v) is 19.6. The summed E-state index contributed by atoms with van der Waals surface area (Å²) in [6.07, 6.45) is 2.38. The van der Waals surface area contributed by atoms with Crippen molar-refractivity contribution in [3.8, 4) is 5.75 Å². The van der Waals surface area contributed by atoms with Crippen LogP contribution in [-0.4, -0.2) is 49.3 Å². The quantitative estimate of drug-likeness (QED) is 0.178. The lowest BCUT2D eigenvalue weighted by atomic mass is 10.1. The van der Waals surface area contributed by atoms with Gasteiger partial charge in [-0.15, -0.1) is 0 Å². The molecule has 2 aromatic carbocycles. The molecule has 13 heteroatoms. The van der Waals surface area contributed by atoms with Gasteiger partial charge in [-0.3, -0.25) is 9.59 Å². The number of hydrogen-bond donors (Lipinski definition) is 2. The molecular formula is C23H24N8O5. The Morgan fingerprint density at radius 3 is 2.53 bits per heavy atom. The Kier molecular flexibility index (Phi) is 8.92. The molecule has 0 saturated heterocycles. The molecule has 1 aromatic heterocycles. The zero-order valence-electron chi connectivity index (χ0n) is 19.6. The minimum absolute atomic E-state index is 0.0443. The van der Waals surface area contributed by atoms with Crippen LogP contribution in [0.5, 0.6) is 5.75 Å². The van der Waals surface area contributed by atoms with Crippen molar-refractivity contribution in [2.24, 2.45) is 5.10 Å². The van der Waals surface area contributed by atoms with Gasteiger partial charge in [-0.1, -0.05) is 42.1 Å². The maximum absolute atomic E-state index is 12.9. The number of hydrazone groups is 1. The van der Waals surface area contributed by atoms with Gasteiger partial charge in [0, 0.05) is 10.8 Å². The maximum atomic E-state index is 12.9. The molecule has 2 N–H and O–H groups in total. The molecule has 0 atom stereocenters. The van der Waals surface area contributed by atoms with E-state index in [0.717, 1.165) is 11.2 Å². The molecule has 3 aromatic rings. The van der Waals surface area contributed by atoms with E-state index in [-0.39, 0.29) is 12.2 Å². The predicted molar refractivity (Wildman–Crippen MR) is 130 cm³/mol. The SMILES string of the molecule is CCCOc1ccc(C=C(NC(=O)c2ccccc2)C(=O)NN=C(C)Cn2nnc([N+](=O)[O-])n2)cc1. The van der Waals surface area contributed by atoms with E-state index in [0.29, 0.717) is 29.2 Å². The van der Waals surface area contributed by atoms with Gasteiger partial charge in [0.25, 0.3) is 11.8 Å². The topological polar surface area (TPSA) is 167 Å². The van der Waals surface area contributed by atoms with Crippen LogP contribution in [0.1, 0.15) is 36.2 Å². The highest BCUT2D eigenvalue weighted by molar-refractivity contribution is 6.05. The van der Waals surface area contributed by atoms with Crippen LogP contribution < -0.4 is 15.5 Å². The monoisotopic (exact) mass is 492 g/mol. The van der Waals surface area contributed by atoms with E-state index in [4.69, 9.17) is 4.74 Å². The summed E-state index contributed by atoms with van der Waals surface area (Å²) in [5.74, 6) is -1.11. The molecular weight excluding hydrogens is 468 g/mol. The number of amides is 2. The summed E-state index contributed by atoms with van der Waals surface area (Å²) in [5.41, 5.74) is 3.68. The first-order chi connectivity index (χ1) is 17.4. The average Bonchev–Trinajstić information content (AvgIpc) is 3.35. The van der Waals surface area contributed by atoms with E-state index in [9.17, 15) is 19.7 Å². The molecule has 0 aliphatic carbocycles. The van der Waals surface area contributed by atoms with Crippen molar-refractivity contribution < 1.29 is 19.2 Å². The van der Waals surface area contributed by atoms with Crippen molar-refractivity contribution >= 4 is 29.6 Å². The van der Waals surface area contributed by atoms with Crippen LogP contribution in [0.2, 0.25) is 0 Å². The minimum atomic E-state index is -0.771. The number of hydrogen-bond acceptors (Lipinski definition) is 9. The summed E-state index contributed by atoms with van der Waals surface area (Å²) in [6, 6.07) is 15.5. The van der Waals surface area contributed by atoms with Crippen molar-refractivity contribution in [2.75, 3.05) is 6.61 Å². The number of nitrogens with zero attached hydrogens (tertiary/aromatic N) is 6. The Labute approximate surface area is 206 Å². The van der Waals surface area contributed by atoms with Gasteiger partial charge in [0.15, 0.2) is 0 Å². The lowest BCUT2D eigenvalue weighted by Gasteiger charge is -2.10. The number of rotatable bonds is 11. The number of nitrogens with one attached hydrogen (secondary N) is 2. The summed E-state index contributed by atoms with van der Waals surface area (Å²) in [7, 11) is 0. The number of ether oxygens (including phenoxy) is 1. The minimum Gasteiger partial charge on any atom is -0.494 e. The van der Waals surface area contributed by atoms with Crippen molar-refractivity contribution in [2.45, 2.75) is 26.8 Å². The van der Waals surface area contributed by atoms with Crippen LogP contribution in [0.3, 0.4) is 0 Å². The average molecular weight is 492 g/mol. The van der Waals surface area contributed by atoms with E-state index >= 15 is 0 Å². The van der Waals surface area contributed by atoms with E-state index in [2.05, 4.69) is 31.3 Å². The second-order valence-electron chi connectivity index (χ2n) is 7.46. The van der Waals surface area contributed by atoms with Gasteiger partial charge < -0.3 is 20.2 Å². The number of tetrazole rings is 1. The summed E-state index contributed by atoms with van der Waals surface area (Å²) in [4.78, 5) is 36.5. The van der Waals surface area contributed by atoms with Crippen molar-refractivity contribution in [3.63, 3.8) is 0 Å². The lowest BCUT2D eigenvalue weighted by molar-refractivity contribution is -0.394. The molecule has 0 bridgehead atoms. The third kappa shape index (κ3) is 7.55. The molecule has 0 spiro atoms. The van der Waals surface area contributed by atoms with E-state index in [1.807, 2.05) is 6.92 Å². The van der Waals surface area contributed by atoms with E-state index in [1.165, 1.54) is 6.08 Å². The number of benzene rings is 2. The molecule has 1 heterocycles. The highest BCUT2D eigenvalue weighted by Gasteiger charge is 2.17. The fourth-order valence-corrected chi connectivity index (χ4v) is 2.81. The van der Waals surface area contributed by atoms with Crippen molar-refractivity contribution in [1.82, 2.24) is 30.9 Å². The van der Waals surface area contributed by atoms with Crippen LogP contribution in [-0.2, 0) is 11.3 Å². The number of nitro groups is 1. The second-order valence-corrected chi connectivity index (χ2v) is 7.46. The van der Waals surface area contributed by atoms with Gasteiger partial charge in [0.1, 0.15) is 18.0 Å². The van der Waals surface area contributed by atoms with Crippen LogP contribution in [0.4, 0.5) is 5.95 Å². The first-order valence-corrected chi connectivity index (χ1v) is 10.9. The first-order valence-electron chi connectivity index (χ1n) is 10.9. The third-order valence-electron chi connectivity index (χ3n) is 4.52. The molecule has 3 rings (SSSR count). The zero-order chi connectivity index (χ0) is 25.9. The van der Waals surface area contributed by atoms with Gasteiger partial charge in [-0.05, 0) is 54.2 Å². The van der Waals surface area contributed by atoms with Crippen LogP contribution >= 0.6 is 0 Å². The Balaban J connectivity index is 1.76. The van der Waals surface area contributed by atoms with Crippen molar-refractivity contribution in [3.05, 3.63) is 81.5 Å².